The van der Waals surface area contributed by atoms with Gasteiger partial charge in [0, 0.05) is 5.41 Å². The third-order valence-corrected chi connectivity index (χ3v) is 2.62. The standard InChI is InChI=1S/C12H15FO4/c1-12(2,6-10(14)15)7-4-8(13)11(16)9(5-7)17-3/h4-5,16H,6H2,1-3H3,(H,14,15). The van der Waals surface area contributed by atoms with Crippen LogP contribution in [0, 0.1) is 5.82 Å². The van der Waals surface area contributed by atoms with E-state index in [-0.39, 0.29) is 12.2 Å². The zero-order valence-corrected chi connectivity index (χ0v) is 9.95. The monoisotopic (exact) mass is 242 g/mol. The SMILES string of the molecule is COc1cc(C(C)(C)CC(=O)O)cc(F)c1O. The van der Waals surface area contributed by atoms with E-state index >= 15 is 0 Å². The lowest BCUT2D eigenvalue weighted by Gasteiger charge is -2.24. The molecule has 1 aromatic rings. The van der Waals surface area contributed by atoms with E-state index in [0.717, 1.165) is 6.07 Å². The molecule has 17 heavy (non-hydrogen) atoms. The molecule has 0 spiro atoms. The van der Waals surface area contributed by atoms with Crippen LogP contribution in [-0.4, -0.2) is 23.3 Å². The molecule has 5 heteroatoms. The van der Waals surface area contributed by atoms with E-state index in [1.54, 1.807) is 13.8 Å². The first kappa shape index (κ1) is 13.3. The van der Waals surface area contributed by atoms with Crippen LogP contribution in [0.5, 0.6) is 11.5 Å². The summed E-state index contributed by atoms with van der Waals surface area (Å²) in [5.74, 6) is -2.36. The van der Waals surface area contributed by atoms with Crippen molar-refractivity contribution in [3.05, 3.63) is 23.5 Å². The Bertz CT molecular complexity index is 440. The molecule has 0 saturated heterocycles. The predicted octanol–water partition coefficient (Wildman–Crippen LogP) is 2.29. The zero-order valence-electron chi connectivity index (χ0n) is 9.95. The number of rotatable bonds is 4. The molecule has 1 aromatic carbocycles. The smallest absolute Gasteiger partial charge is 0.304 e. The third-order valence-electron chi connectivity index (χ3n) is 2.62. The van der Waals surface area contributed by atoms with Gasteiger partial charge in [0.05, 0.1) is 13.5 Å². The molecule has 0 aliphatic heterocycles. The molecular weight excluding hydrogens is 227 g/mol. The van der Waals surface area contributed by atoms with Crippen LogP contribution in [0.1, 0.15) is 25.8 Å². The number of ether oxygens (including phenoxy) is 1. The van der Waals surface area contributed by atoms with E-state index in [4.69, 9.17) is 9.84 Å². The number of methoxy groups -OCH3 is 1. The number of carboxylic acids is 1. The van der Waals surface area contributed by atoms with E-state index in [1.807, 2.05) is 0 Å². The van der Waals surface area contributed by atoms with Crippen LogP contribution in [0.25, 0.3) is 0 Å². The molecule has 0 aromatic heterocycles. The van der Waals surface area contributed by atoms with Crippen molar-refractivity contribution in [3.63, 3.8) is 0 Å². The molecule has 4 nitrogen and oxygen atoms in total. The highest BCUT2D eigenvalue weighted by atomic mass is 19.1. The molecular formula is C12H15FO4. The lowest BCUT2D eigenvalue weighted by Crippen LogP contribution is -2.21. The fourth-order valence-electron chi connectivity index (χ4n) is 1.60. The molecule has 0 aliphatic rings. The highest BCUT2D eigenvalue weighted by molar-refractivity contribution is 5.69. The zero-order chi connectivity index (χ0) is 13.2. The minimum Gasteiger partial charge on any atom is -0.502 e. The first-order valence-corrected chi connectivity index (χ1v) is 5.06. The lowest BCUT2D eigenvalue weighted by atomic mass is 9.81. The Morgan fingerprint density at radius 3 is 2.53 bits per heavy atom. The fraction of sp³-hybridized carbons (Fsp3) is 0.417. The van der Waals surface area contributed by atoms with Crippen LogP contribution >= 0.6 is 0 Å². The second-order valence-electron chi connectivity index (χ2n) is 4.46. The van der Waals surface area contributed by atoms with E-state index in [0.29, 0.717) is 5.56 Å². The van der Waals surface area contributed by atoms with Gasteiger partial charge in [0.25, 0.3) is 0 Å². The number of phenolic OH excluding ortho intramolecular Hbond substituents is 1. The maximum Gasteiger partial charge on any atom is 0.304 e. The van der Waals surface area contributed by atoms with Crippen LogP contribution in [0.2, 0.25) is 0 Å². The van der Waals surface area contributed by atoms with E-state index < -0.39 is 23.0 Å². The van der Waals surface area contributed by atoms with Crippen LogP contribution in [0.15, 0.2) is 12.1 Å². The van der Waals surface area contributed by atoms with Crippen molar-refractivity contribution >= 4 is 5.97 Å². The van der Waals surface area contributed by atoms with Crippen molar-refractivity contribution < 1.29 is 24.1 Å². The van der Waals surface area contributed by atoms with Crippen molar-refractivity contribution in [1.82, 2.24) is 0 Å². The van der Waals surface area contributed by atoms with Gasteiger partial charge in [-0.15, -0.1) is 0 Å². The van der Waals surface area contributed by atoms with Gasteiger partial charge in [0.1, 0.15) is 0 Å². The molecule has 0 unspecified atom stereocenters. The van der Waals surface area contributed by atoms with Gasteiger partial charge in [-0.2, -0.15) is 0 Å². The quantitative estimate of drug-likeness (QED) is 0.850. The summed E-state index contributed by atoms with van der Waals surface area (Å²) in [5.41, 5.74) is -0.278. The topological polar surface area (TPSA) is 66.8 Å². The van der Waals surface area contributed by atoms with E-state index in [1.165, 1.54) is 13.2 Å². The molecule has 94 valence electrons. The summed E-state index contributed by atoms with van der Waals surface area (Å²) in [6.07, 6.45) is -0.139. The van der Waals surface area contributed by atoms with Crippen LogP contribution in [-0.2, 0) is 10.2 Å². The van der Waals surface area contributed by atoms with Crippen molar-refractivity contribution in [1.29, 1.82) is 0 Å². The molecule has 0 aliphatic carbocycles. The van der Waals surface area contributed by atoms with Gasteiger partial charge >= 0.3 is 5.97 Å². The van der Waals surface area contributed by atoms with Crippen LogP contribution < -0.4 is 4.74 Å². The maximum atomic E-state index is 13.4. The first-order valence-electron chi connectivity index (χ1n) is 5.06. The normalized spacial score (nSPS) is 11.3. The summed E-state index contributed by atoms with van der Waals surface area (Å²) in [5, 5.41) is 18.1. The Morgan fingerprint density at radius 2 is 2.06 bits per heavy atom. The van der Waals surface area contributed by atoms with Gasteiger partial charge in [-0.1, -0.05) is 13.8 Å². The van der Waals surface area contributed by atoms with Crippen molar-refractivity contribution in [2.75, 3.05) is 7.11 Å². The molecule has 2 N–H and O–H groups in total. The minimum atomic E-state index is -0.970. The van der Waals surface area contributed by atoms with E-state index in [2.05, 4.69) is 0 Å². The molecule has 1 rings (SSSR count). The number of carboxylic acid groups (broad SMARTS) is 1. The number of aromatic hydroxyl groups is 1. The average molecular weight is 242 g/mol. The molecule has 0 radical (unpaired) electrons. The highest BCUT2D eigenvalue weighted by Gasteiger charge is 2.26. The largest absolute Gasteiger partial charge is 0.502 e. The molecule has 0 bridgehead atoms. The summed E-state index contributed by atoms with van der Waals surface area (Å²) in [6, 6.07) is 2.57. The van der Waals surface area contributed by atoms with Gasteiger partial charge in [-0.25, -0.2) is 4.39 Å². The average Bonchev–Trinajstić information content (AvgIpc) is 2.19. The Hall–Kier alpha value is -1.78. The number of halogens is 1. The molecule has 0 saturated carbocycles. The summed E-state index contributed by atoms with van der Waals surface area (Å²) >= 11 is 0. The van der Waals surface area contributed by atoms with Crippen molar-refractivity contribution in [2.24, 2.45) is 0 Å². The van der Waals surface area contributed by atoms with Gasteiger partial charge in [0.2, 0.25) is 0 Å². The lowest BCUT2D eigenvalue weighted by molar-refractivity contribution is -0.138. The summed E-state index contributed by atoms with van der Waals surface area (Å²) in [7, 11) is 1.31. The summed E-state index contributed by atoms with van der Waals surface area (Å²) in [4.78, 5) is 10.7. The molecule has 0 amide bonds. The Morgan fingerprint density at radius 1 is 1.47 bits per heavy atom. The second-order valence-corrected chi connectivity index (χ2v) is 4.46. The fourth-order valence-corrected chi connectivity index (χ4v) is 1.60. The number of carbonyl (C=O) groups is 1. The number of benzene rings is 1. The predicted molar refractivity (Wildman–Crippen MR) is 59.9 cm³/mol. The molecule has 0 atom stereocenters. The van der Waals surface area contributed by atoms with E-state index in [9.17, 15) is 14.3 Å². The number of hydrogen-bond acceptors (Lipinski definition) is 3. The molecule has 0 heterocycles. The second kappa shape index (κ2) is 4.61. The first-order chi connectivity index (χ1) is 7.77. The van der Waals surface area contributed by atoms with Crippen molar-refractivity contribution in [3.8, 4) is 11.5 Å². The number of aliphatic carboxylic acids is 1. The molecule has 0 fully saturated rings. The number of phenols is 1. The minimum absolute atomic E-state index is 0.00142. The van der Waals surface area contributed by atoms with Crippen molar-refractivity contribution in [2.45, 2.75) is 25.7 Å². The van der Waals surface area contributed by atoms with Gasteiger partial charge < -0.3 is 14.9 Å². The number of hydrogen-bond donors (Lipinski definition) is 2. The third kappa shape index (κ3) is 2.87. The van der Waals surface area contributed by atoms with Gasteiger partial charge in [-0.3, -0.25) is 4.79 Å². The highest BCUT2D eigenvalue weighted by Crippen LogP contribution is 2.36. The van der Waals surface area contributed by atoms with Gasteiger partial charge in [-0.05, 0) is 17.7 Å². The Kier molecular flexibility index (Phi) is 3.60. The Labute approximate surface area is 98.7 Å². The van der Waals surface area contributed by atoms with Gasteiger partial charge in [0.15, 0.2) is 17.3 Å². The maximum absolute atomic E-state index is 13.4. The van der Waals surface area contributed by atoms with Crippen LogP contribution in [0.4, 0.5) is 4.39 Å². The Balaban J connectivity index is 3.22. The summed E-state index contributed by atoms with van der Waals surface area (Å²) < 4.78 is 18.2. The summed E-state index contributed by atoms with van der Waals surface area (Å²) in [6.45, 7) is 3.37. The van der Waals surface area contributed by atoms with Crippen LogP contribution in [0.3, 0.4) is 0 Å².